The van der Waals surface area contributed by atoms with Gasteiger partial charge in [-0.2, -0.15) is 0 Å². The van der Waals surface area contributed by atoms with Crippen LogP contribution in [0, 0.1) is 0 Å². The number of amides is 6. The topological polar surface area (TPSA) is 314 Å². The number of nitrogens with one attached hydrogen (secondary N) is 4. The molecule has 0 spiro atoms. The quantitative estimate of drug-likeness (QED) is 0.108. The molecular weight excluding hydrogens is 674 g/mol. The Bertz CT molecular complexity index is 1250. The average molecular weight is 716 g/mol. The van der Waals surface area contributed by atoms with Crippen molar-refractivity contribution < 1.29 is 48.6 Å². The average Bonchev–Trinajstić information content (AvgIpc) is 3.04. The van der Waals surface area contributed by atoms with Crippen LogP contribution in [0.25, 0.3) is 0 Å². The molecule has 1 aliphatic rings. The SMILES string of the molecule is N[C@@H](CCC(=O)N[C@H]1CSSC[C@H](NC(=O)CC[C@H](N)C(=O)O)C(=O)N=CC(=O)NCCCCNCCC=NC(=O)C=NC1=O)C(=O)O. The molecule has 0 saturated carbocycles. The maximum absolute atomic E-state index is 12.8. The van der Waals surface area contributed by atoms with Crippen LogP contribution in [-0.2, 0) is 38.4 Å². The van der Waals surface area contributed by atoms with E-state index in [0.29, 0.717) is 45.1 Å². The summed E-state index contributed by atoms with van der Waals surface area (Å²) in [5.41, 5.74) is 10.9. The Balaban J connectivity index is 3.10. The van der Waals surface area contributed by atoms with Gasteiger partial charge in [0, 0.05) is 43.7 Å². The van der Waals surface area contributed by atoms with E-state index in [1.807, 2.05) is 0 Å². The number of nitrogens with two attached hydrogens (primary N) is 2. The number of carboxylic acid groups (broad SMARTS) is 2. The lowest BCUT2D eigenvalue weighted by atomic mass is 10.1. The summed E-state index contributed by atoms with van der Waals surface area (Å²) in [5.74, 6) is -7.53. The largest absolute Gasteiger partial charge is 0.480 e. The maximum atomic E-state index is 12.8. The molecule has 0 bridgehead atoms. The summed E-state index contributed by atoms with van der Waals surface area (Å²) in [6.45, 7) is 1.44. The number of carboxylic acids is 2. The van der Waals surface area contributed by atoms with Crippen LogP contribution in [0.4, 0.5) is 0 Å². The first-order valence-corrected chi connectivity index (χ1v) is 17.3. The highest BCUT2D eigenvalue weighted by molar-refractivity contribution is 8.76. The fourth-order valence-electron chi connectivity index (χ4n) is 3.47. The minimum absolute atomic E-state index is 0.134. The van der Waals surface area contributed by atoms with E-state index in [-0.39, 0.29) is 37.2 Å². The van der Waals surface area contributed by atoms with Crippen molar-refractivity contribution in [1.29, 1.82) is 0 Å². The molecule has 0 unspecified atom stereocenters. The monoisotopic (exact) mass is 715 g/mol. The van der Waals surface area contributed by atoms with Crippen LogP contribution in [0.5, 0.6) is 0 Å². The Labute approximate surface area is 283 Å². The Morgan fingerprint density at radius 1 is 0.792 bits per heavy atom. The normalized spacial score (nSPS) is 21.0. The van der Waals surface area contributed by atoms with Gasteiger partial charge in [0.2, 0.25) is 11.8 Å². The van der Waals surface area contributed by atoms with Crippen LogP contribution in [0.1, 0.15) is 44.9 Å². The van der Waals surface area contributed by atoms with Gasteiger partial charge >= 0.3 is 11.9 Å². The zero-order valence-electron chi connectivity index (χ0n) is 26.0. The molecule has 0 radical (unpaired) electrons. The smallest absolute Gasteiger partial charge is 0.320 e. The highest BCUT2D eigenvalue weighted by Gasteiger charge is 2.25. The van der Waals surface area contributed by atoms with Crippen LogP contribution < -0.4 is 32.7 Å². The van der Waals surface area contributed by atoms with Crippen LogP contribution >= 0.6 is 21.6 Å². The third-order valence-electron chi connectivity index (χ3n) is 6.18. The molecule has 4 atom stereocenters. The number of carbonyl (C=O) groups is 8. The molecule has 0 saturated heterocycles. The summed E-state index contributed by atoms with van der Waals surface area (Å²) >= 11 is 0. The molecule has 21 heteroatoms. The van der Waals surface area contributed by atoms with Crippen molar-refractivity contribution in [2.24, 2.45) is 26.4 Å². The van der Waals surface area contributed by atoms with Gasteiger partial charge in [0.25, 0.3) is 23.6 Å². The molecule has 1 aliphatic heterocycles. The van der Waals surface area contributed by atoms with Crippen molar-refractivity contribution in [3.63, 3.8) is 0 Å². The molecule has 1 heterocycles. The first kappa shape index (κ1) is 42.0. The molecule has 0 aromatic rings. The first-order valence-electron chi connectivity index (χ1n) is 14.8. The Kier molecular flexibility index (Phi) is 21.1. The molecule has 266 valence electrons. The summed E-state index contributed by atoms with van der Waals surface area (Å²) in [7, 11) is 1.98. The van der Waals surface area contributed by atoms with Crippen LogP contribution in [0.15, 0.2) is 15.0 Å². The standard InChI is InChI=1S/C27H41N9O10S2/c28-16(26(43)44)4-6-20(37)35-18-14-47-48-15-19(36-21(38)7-5-17(29)27(45)46)25(42)34-13-23(40)32-11-3-9-30-8-1-2-10-31-22(39)12-33-24(18)41/h11-13,16-19,30H,1-10,14-15,28-29H2,(H,31,39)(H,35,37)(H,36,38)(H,43,44)(H,45,46)/t16-,17-,18-,19-/m0/s1. The Hall–Kier alpha value is -4.05. The maximum Gasteiger partial charge on any atom is 0.320 e. The first-order chi connectivity index (χ1) is 22.8. The zero-order valence-corrected chi connectivity index (χ0v) is 27.6. The zero-order chi connectivity index (χ0) is 35.9. The van der Waals surface area contributed by atoms with Gasteiger partial charge in [0.05, 0.1) is 12.4 Å². The third-order valence-corrected chi connectivity index (χ3v) is 8.60. The van der Waals surface area contributed by atoms with E-state index in [9.17, 15) is 38.4 Å². The summed E-state index contributed by atoms with van der Waals surface area (Å²) < 4.78 is 0. The minimum atomic E-state index is -1.31. The highest BCUT2D eigenvalue weighted by atomic mass is 33.1. The summed E-state index contributed by atoms with van der Waals surface area (Å²) in [4.78, 5) is 108. The summed E-state index contributed by atoms with van der Waals surface area (Å²) in [6, 6.07) is -5.17. The van der Waals surface area contributed by atoms with Gasteiger partial charge < -0.3 is 42.9 Å². The second kappa shape index (κ2) is 24.1. The minimum Gasteiger partial charge on any atom is -0.480 e. The van der Waals surface area contributed by atoms with Crippen molar-refractivity contribution in [2.75, 3.05) is 31.1 Å². The predicted molar refractivity (Wildman–Crippen MR) is 179 cm³/mol. The van der Waals surface area contributed by atoms with Crippen molar-refractivity contribution in [3.8, 4) is 0 Å². The van der Waals surface area contributed by atoms with Crippen molar-refractivity contribution >= 4 is 87.6 Å². The highest BCUT2D eigenvalue weighted by Crippen LogP contribution is 2.24. The van der Waals surface area contributed by atoms with E-state index in [0.717, 1.165) is 27.8 Å². The lowest BCUT2D eigenvalue weighted by Gasteiger charge is -2.17. The fourth-order valence-corrected chi connectivity index (χ4v) is 5.78. The van der Waals surface area contributed by atoms with Crippen LogP contribution in [-0.4, -0.2) is 132 Å². The molecule has 0 aromatic carbocycles. The van der Waals surface area contributed by atoms with Crippen LogP contribution in [0.3, 0.4) is 0 Å². The third kappa shape index (κ3) is 19.6. The molecular formula is C27H41N9O10S2. The fraction of sp³-hybridized carbons (Fsp3) is 0.593. The summed E-state index contributed by atoms with van der Waals surface area (Å²) in [5, 5.41) is 28.5. The molecule has 0 fully saturated rings. The molecule has 1 rings (SSSR count). The van der Waals surface area contributed by atoms with E-state index in [1.165, 1.54) is 6.21 Å². The van der Waals surface area contributed by atoms with E-state index >= 15 is 0 Å². The van der Waals surface area contributed by atoms with Gasteiger partial charge in [-0.1, -0.05) is 21.6 Å². The lowest BCUT2D eigenvalue weighted by Crippen LogP contribution is -2.43. The van der Waals surface area contributed by atoms with Crippen molar-refractivity contribution in [3.05, 3.63) is 0 Å². The lowest BCUT2D eigenvalue weighted by molar-refractivity contribution is -0.140. The molecule has 19 nitrogen and oxygen atoms in total. The van der Waals surface area contributed by atoms with Gasteiger partial charge in [-0.25, -0.2) is 15.0 Å². The second-order valence-corrected chi connectivity index (χ2v) is 12.7. The van der Waals surface area contributed by atoms with E-state index < -0.39 is 71.5 Å². The molecule has 6 amide bonds. The van der Waals surface area contributed by atoms with E-state index in [1.54, 1.807) is 0 Å². The number of nitrogens with zero attached hydrogens (tertiary/aromatic N) is 3. The number of hydrogen-bond acceptors (Lipinski definition) is 13. The number of carbonyl (C=O) groups excluding carboxylic acids is 6. The number of aliphatic imine (C=N–C) groups is 3. The molecule has 0 aromatic heterocycles. The molecule has 0 aliphatic carbocycles. The number of rotatable bonds is 10. The van der Waals surface area contributed by atoms with Gasteiger partial charge in [-0.15, -0.1) is 0 Å². The number of hydrogen-bond donors (Lipinski definition) is 8. The van der Waals surface area contributed by atoms with Crippen LogP contribution in [0.2, 0.25) is 0 Å². The van der Waals surface area contributed by atoms with E-state index in [4.69, 9.17) is 21.7 Å². The van der Waals surface area contributed by atoms with Gasteiger partial charge in [-0.3, -0.25) is 38.4 Å². The molecule has 10 N–H and O–H groups in total. The van der Waals surface area contributed by atoms with Gasteiger partial charge in [-0.05, 0) is 38.6 Å². The van der Waals surface area contributed by atoms with Gasteiger partial charge in [0.15, 0.2) is 0 Å². The van der Waals surface area contributed by atoms with Crippen molar-refractivity contribution in [2.45, 2.75) is 69.1 Å². The predicted octanol–water partition coefficient (Wildman–Crippen LogP) is -2.60. The summed E-state index contributed by atoms with van der Waals surface area (Å²) in [6.07, 6.45) is 3.54. The number of aliphatic carboxylic acids is 2. The second-order valence-electron chi connectivity index (χ2n) is 10.2. The van der Waals surface area contributed by atoms with Gasteiger partial charge in [0.1, 0.15) is 24.2 Å². The Morgan fingerprint density at radius 2 is 1.29 bits per heavy atom. The molecule has 48 heavy (non-hydrogen) atoms. The van der Waals surface area contributed by atoms with E-state index in [2.05, 4.69) is 36.2 Å². The Morgan fingerprint density at radius 3 is 1.81 bits per heavy atom. The van der Waals surface area contributed by atoms with Crippen molar-refractivity contribution in [1.82, 2.24) is 21.3 Å².